The number of hydrogen-bond acceptors (Lipinski definition) is 2. The molecule has 3 rings (SSSR count). The van der Waals surface area contributed by atoms with E-state index in [0.29, 0.717) is 18.0 Å². The summed E-state index contributed by atoms with van der Waals surface area (Å²) in [4.78, 5) is 28.1. The first-order valence-electron chi connectivity index (χ1n) is 7.45. The summed E-state index contributed by atoms with van der Waals surface area (Å²) in [5.74, 6) is 0.112. The van der Waals surface area contributed by atoms with Crippen LogP contribution < -0.4 is 0 Å². The van der Waals surface area contributed by atoms with Gasteiger partial charge in [-0.2, -0.15) is 0 Å². The Labute approximate surface area is 129 Å². The fourth-order valence-electron chi connectivity index (χ4n) is 3.25. The summed E-state index contributed by atoms with van der Waals surface area (Å²) in [7, 11) is 0. The fraction of sp³-hybridized carbons (Fsp3) is 0.500. The number of piperazine rings is 1. The minimum atomic E-state index is -0.0468. The van der Waals surface area contributed by atoms with Crippen LogP contribution in [0.2, 0.25) is 5.02 Å². The van der Waals surface area contributed by atoms with Crippen LogP contribution in [0.4, 0.5) is 0 Å². The Hall–Kier alpha value is -1.55. The summed E-state index contributed by atoms with van der Waals surface area (Å²) in [5.41, 5.74) is 2.33. The van der Waals surface area contributed by atoms with Gasteiger partial charge in [0.1, 0.15) is 0 Å². The molecule has 0 bridgehead atoms. The highest BCUT2D eigenvalue weighted by atomic mass is 35.5. The highest BCUT2D eigenvalue weighted by Crippen LogP contribution is 2.34. The van der Waals surface area contributed by atoms with Crippen molar-refractivity contribution in [2.75, 3.05) is 19.6 Å². The number of benzene rings is 1. The molecule has 1 atom stereocenters. The van der Waals surface area contributed by atoms with E-state index in [2.05, 4.69) is 0 Å². The number of amides is 2. The lowest BCUT2D eigenvalue weighted by Gasteiger charge is -2.44. The molecule has 0 radical (unpaired) electrons. The van der Waals surface area contributed by atoms with Gasteiger partial charge in [0.25, 0.3) is 0 Å². The molecule has 0 spiro atoms. The highest BCUT2D eigenvalue weighted by molar-refractivity contribution is 6.30. The molecule has 1 aromatic rings. The molecular formula is C16H19ClN2O2. The molecule has 21 heavy (non-hydrogen) atoms. The van der Waals surface area contributed by atoms with Crippen molar-refractivity contribution in [3.8, 4) is 0 Å². The second-order valence-corrected chi connectivity index (χ2v) is 6.16. The van der Waals surface area contributed by atoms with Crippen LogP contribution >= 0.6 is 11.6 Å². The molecule has 5 heteroatoms. The molecule has 0 aliphatic carbocycles. The summed E-state index contributed by atoms with van der Waals surface area (Å²) >= 11 is 6.11. The Morgan fingerprint density at radius 3 is 3.00 bits per heavy atom. The van der Waals surface area contributed by atoms with Crippen LogP contribution in [-0.2, 0) is 16.0 Å². The zero-order valence-electron chi connectivity index (χ0n) is 12.1. The molecule has 2 heterocycles. The Bertz CT molecular complexity index is 588. The lowest BCUT2D eigenvalue weighted by atomic mass is 9.90. The average Bonchev–Trinajstić information content (AvgIpc) is 2.47. The first kappa shape index (κ1) is 14.4. The normalized spacial score (nSPS) is 21.0. The van der Waals surface area contributed by atoms with Crippen LogP contribution in [0.25, 0.3) is 0 Å². The van der Waals surface area contributed by atoms with Gasteiger partial charge in [0, 0.05) is 24.5 Å². The summed E-state index contributed by atoms with van der Waals surface area (Å²) in [6.45, 7) is 3.50. The zero-order valence-corrected chi connectivity index (χ0v) is 12.9. The molecule has 2 aliphatic heterocycles. The van der Waals surface area contributed by atoms with Crippen molar-refractivity contribution in [3.05, 3.63) is 34.3 Å². The molecule has 0 aromatic heterocycles. The van der Waals surface area contributed by atoms with Crippen molar-refractivity contribution in [1.82, 2.24) is 9.80 Å². The van der Waals surface area contributed by atoms with Gasteiger partial charge >= 0.3 is 0 Å². The molecule has 1 unspecified atom stereocenters. The van der Waals surface area contributed by atoms with Gasteiger partial charge < -0.3 is 9.80 Å². The first-order chi connectivity index (χ1) is 10.1. The van der Waals surface area contributed by atoms with E-state index in [-0.39, 0.29) is 24.4 Å². The molecule has 0 saturated carbocycles. The van der Waals surface area contributed by atoms with Gasteiger partial charge in [-0.25, -0.2) is 0 Å². The standard InChI is InChI=1S/C16H19ClN2O2/c1-2-3-15(20)18-9-14-13-8-12(17)5-4-11(13)6-7-19(14)16(21)10-18/h4-5,8,14H,2-3,6-7,9-10H2,1H3. The average molecular weight is 307 g/mol. The number of fused-ring (bicyclic) bond motifs is 3. The van der Waals surface area contributed by atoms with Crippen molar-refractivity contribution in [2.45, 2.75) is 32.2 Å². The lowest BCUT2D eigenvalue weighted by Crippen LogP contribution is -2.55. The molecule has 1 aromatic carbocycles. The van der Waals surface area contributed by atoms with Crippen molar-refractivity contribution in [2.24, 2.45) is 0 Å². The van der Waals surface area contributed by atoms with E-state index in [4.69, 9.17) is 11.6 Å². The molecule has 112 valence electrons. The van der Waals surface area contributed by atoms with E-state index in [9.17, 15) is 9.59 Å². The van der Waals surface area contributed by atoms with Crippen LogP contribution in [0.15, 0.2) is 18.2 Å². The Balaban J connectivity index is 1.91. The summed E-state index contributed by atoms with van der Waals surface area (Å²) in [6, 6.07) is 5.82. The molecule has 1 saturated heterocycles. The summed E-state index contributed by atoms with van der Waals surface area (Å²) in [5, 5.41) is 0.681. The number of nitrogens with zero attached hydrogens (tertiary/aromatic N) is 2. The van der Waals surface area contributed by atoms with E-state index >= 15 is 0 Å². The van der Waals surface area contributed by atoms with Gasteiger partial charge in [0.2, 0.25) is 11.8 Å². The number of halogens is 1. The first-order valence-corrected chi connectivity index (χ1v) is 7.83. The van der Waals surface area contributed by atoms with Crippen molar-refractivity contribution >= 4 is 23.4 Å². The van der Waals surface area contributed by atoms with Gasteiger partial charge in [-0.3, -0.25) is 9.59 Å². The van der Waals surface area contributed by atoms with Gasteiger partial charge in [0.05, 0.1) is 12.6 Å². The van der Waals surface area contributed by atoms with Crippen LogP contribution in [0, 0.1) is 0 Å². The lowest BCUT2D eigenvalue weighted by molar-refractivity contribution is -0.149. The van der Waals surface area contributed by atoms with E-state index in [0.717, 1.165) is 24.9 Å². The highest BCUT2D eigenvalue weighted by Gasteiger charge is 2.38. The van der Waals surface area contributed by atoms with Gasteiger partial charge in [0.15, 0.2) is 0 Å². The van der Waals surface area contributed by atoms with E-state index in [1.54, 1.807) is 4.90 Å². The predicted molar refractivity (Wildman–Crippen MR) is 81.1 cm³/mol. The number of carbonyl (C=O) groups is 2. The van der Waals surface area contributed by atoms with Crippen LogP contribution in [0.3, 0.4) is 0 Å². The minimum absolute atomic E-state index is 0.0429. The predicted octanol–water partition coefficient (Wildman–Crippen LogP) is 2.41. The monoisotopic (exact) mass is 306 g/mol. The van der Waals surface area contributed by atoms with Crippen molar-refractivity contribution < 1.29 is 9.59 Å². The quantitative estimate of drug-likeness (QED) is 0.842. The molecule has 1 fully saturated rings. The third kappa shape index (κ3) is 2.64. The van der Waals surface area contributed by atoms with E-state index in [1.165, 1.54) is 5.56 Å². The molecule has 2 amide bonds. The maximum Gasteiger partial charge on any atom is 0.242 e. The van der Waals surface area contributed by atoms with Crippen LogP contribution in [0.1, 0.15) is 36.9 Å². The van der Waals surface area contributed by atoms with Gasteiger partial charge in [-0.1, -0.05) is 24.6 Å². The minimum Gasteiger partial charge on any atom is -0.332 e. The molecular weight excluding hydrogens is 288 g/mol. The van der Waals surface area contributed by atoms with Gasteiger partial charge in [-0.05, 0) is 36.1 Å². The maximum atomic E-state index is 12.3. The van der Waals surface area contributed by atoms with E-state index in [1.807, 2.05) is 30.0 Å². The molecule has 2 aliphatic rings. The zero-order chi connectivity index (χ0) is 15.0. The second-order valence-electron chi connectivity index (χ2n) is 5.72. The number of hydrogen-bond donors (Lipinski definition) is 0. The van der Waals surface area contributed by atoms with Gasteiger partial charge in [-0.15, -0.1) is 0 Å². The third-order valence-electron chi connectivity index (χ3n) is 4.32. The topological polar surface area (TPSA) is 40.6 Å². The van der Waals surface area contributed by atoms with Crippen molar-refractivity contribution in [3.63, 3.8) is 0 Å². The largest absolute Gasteiger partial charge is 0.332 e. The smallest absolute Gasteiger partial charge is 0.242 e. The maximum absolute atomic E-state index is 12.3. The Morgan fingerprint density at radius 1 is 1.43 bits per heavy atom. The number of carbonyl (C=O) groups excluding carboxylic acids is 2. The van der Waals surface area contributed by atoms with Crippen molar-refractivity contribution in [1.29, 1.82) is 0 Å². The van der Waals surface area contributed by atoms with Crippen LogP contribution in [-0.4, -0.2) is 41.2 Å². The SMILES string of the molecule is CCCC(=O)N1CC(=O)N2CCc3ccc(Cl)cc3C2C1. The fourth-order valence-corrected chi connectivity index (χ4v) is 3.43. The van der Waals surface area contributed by atoms with E-state index < -0.39 is 0 Å². The van der Waals surface area contributed by atoms with Crippen LogP contribution in [0.5, 0.6) is 0 Å². The Morgan fingerprint density at radius 2 is 2.24 bits per heavy atom. The number of rotatable bonds is 2. The third-order valence-corrected chi connectivity index (χ3v) is 4.56. The summed E-state index contributed by atoms with van der Waals surface area (Å²) in [6.07, 6.45) is 2.17. The second kappa shape index (κ2) is 5.68. The molecule has 0 N–H and O–H groups in total. The Kier molecular flexibility index (Phi) is 3.89. The summed E-state index contributed by atoms with van der Waals surface area (Å²) < 4.78 is 0. The molecule has 4 nitrogen and oxygen atoms in total.